The van der Waals surface area contributed by atoms with Gasteiger partial charge >= 0.3 is 0 Å². The molecule has 0 aliphatic heterocycles. The predicted octanol–water partition coefficient (Wildman–Crippen LogP) is 4.35. The second-order valence-electron chi connectivity index (χ2n) is 4.81. The summed E-state index contributed by atoms with van der Waals surface area (Å²) in [7, 11) is 0. The highest BCUT2D eigenvalue weighted by Gasteiger charge is 2.37. The van der Waals surface area contributed by atoms with Crippen molar-refractivity contribution >= 4 is 6.29 Å². The Morgan fingerprint density at radius 1 is 1.09 bits per heavy atom. The summed E-state index contributed by atoms with van der Waals surface area (Å²) in [4.78, 5) is 10.8. The van der Waals surface area contributed by atoms with Crippen LogP contribution < -0.4 is 4.74 Å². The second-order valence-corrected chi connectivity index (χ2v) is 4.81. The van der Waals surface area contributed by atoms with Crippen molar-refractivity contribution < 1.29 is 27.1 Å². The zero-order valence-corrected chi connectivity index (χ0v) is 11.4. The largest absolute Gasteiger partial charge is 0.491 e. The zero-order valence-electron chi connectivity index (χ0n) is 11.4. The molecule has 6 heteroatoms. The van der Waals surface area contributed by atoms with Gasteiger partial charge in [-0.15, -0.1) is 0 Å². The molecular formula is C16H10F4O2. The quantitative estimate of drug-likeness (QED) is 0.622. The molecule has 2 nitrogen and oxygen atoms in total. The van der Waals surface area contributed by atoms with Crippen LogP contribution in [0.5, 0.6) is 5.75 Å². The van der Waals surface area contributed by atoms with Crippen LogP contribution in [0.4, 0.5) is 17.6 Å². The molecule has 0 heterocycles. The first-order chi connectivity index (χ1) is 10.5. The molecule has 0 saturated heterocycles. The number of hydrogen-bond donors (Lipinski definition) is 0. The summed E-state index contributed by atoms with van der Waals surface area (Å²) in [5.41, 5.74) is -1.46. The number of rotatable bonds is 3. The predicted molar refractivity (Wildman–Crippen MR) is 71.3 cm³/mol. The molecule has 0 N–H and O–H groups in total. The van der Waals surface area contributed by atoms with E-state index in [1.165, 1.54) is 12.1 Å². The first-order valence-corrected chi connectivity index (χ1v) is 6.57. The molecule has 0 amide bonds. The molecular weight excluding hydrogens is 300 g/mol. The van der Waals surface area contributed by atoms with Gasteiger partial charge in [0.2, 0.25) is 0 Å². The van der Waals surface area contributed by atoms with Gasteiger partial charge in [0.15, 0.2) is 35.7 Å². The topological polar surface area (TPSA) is 26.3 Å². The second kappa shape index (κ2) is 5.12. The maximum atomic E-state index is 14.5. The number of benzene rings is 2. The van der Waals surface area contributed by atoms with E-state index in [4.69, 9.17) is 4.74 Å². The van der Waals surface area contributed by atoms with E-state index in [0.29, 0.717) is 0 Å². The molecule has 0 aromatic heterocycles. The van der Waals surface area contributed by atoms with Crippen molar-refractivity contribution in [2.24, 2.45) is 0 Å². The number of carbonyl (C=O) groups excluding carboxylic acids is 1. The molecule has 0 fully saturated rings. The monoisotopic (exact) mass is 310 g/mol. The van der Waals surface area contributed by atoms with Gasteiger partial charge in [-0.2, -0.15) is 0 Å². The van der Waals surface area contributed by atoms with Crippen LogP contribution in [-0.4, -0.2) is 12.9 Å². The number of alkyl halides is 1. The molecule has 1 aliphatic carbocycles. The summed E-state index contributed by atoms with van der Waals surface area (Å²) in [5, 5.41) is 0. The molecule has 2 aromatic carbocycles. The van der Waals surface area contributed by atoms with Gasteiger partial charge in [-0.25, -0.2) is 17.6 Å². The normalized spacial score (nSPS) is 15.4. The molecule has 1 aliphatic rings. The molecule has 2 aromatic rings. The van der Waals surface area contributed by atoms with Crippen molar-refractivity contribution in [3.8, 4) is 16.9 Å². The number of halogens is 4. The van der Waals surface area contributed by atoms with Crippen molar-refractivity contribution in [1.82, 2.24) is 0 Å². The molecule has 1 atom stereocenters. The van der Waals surface area contributed by atoms with Gasteiger partial charge in [0.1, 0.15) is 0 Å². The SMILES string of the molecule is CCOc1ccc2c(c1F)C(F)c1c-2cc(C=O)c(F)c1F. The Hall–Kier alpha value is -2.37. The van der Waals surface area contributed by atoms with E-state index in [0.717, 1.165) is 6.07 Å². The highest BCUT2D eigenvalue weighted by Crippen LogP contribution is 2.50. The first kappa shape index (κ1) is 14.6. The van der Waals surface area contributed by atoms with Crippen LogP contribution in [0.15, 0.2) is 18.2 Å². The van der Waals surface area contributed by atoms with Gasteiger partial charge in [-0.1, -0.05) is 6.07 Å². The highest BCUT2D eigenvalue weighted by molar-refractivity contribution is 5.85. The van der Waals surface area contributed by atoms with E-state index in [-0.39, 0.29) is 29.8 Å². The minimum absolute atomic E-state index is 0.0227. The maximum absolute atomic E-state index is 14.5. The average molecular weight is 310 g/mol. The Bertz CT molecular complexity index is 786. The molecule has 1 unspecified atom stereocenters. The van der Waals surface area contributed by atoms with E-state index < -0.39 is 40.3 Å². The van der Waals surface area contributed by atoms with Crippen molar-refractivity contribution in [3.05, 3.63) is 52.3 Å². The third kappa shape index (κ3) is 1.83. The molecule has 0 spiro atoms. The molecule has 0 radical (unpaired) electrons. The number of hydrogen-bond acceptors (Lipinski definition) is 2. The van der Waals surface area contributed by atoms with Crippen LogP contribution in [0.25, 0.3) is 11.1 Å². The molecule has 0 bridgehead atoms. The summed E-state index contributed by atoms with van der Waals surface area (Å²) < 4.78 is 61.5. The Labute approximate surface area is 123 Å². The lowest BCUT2D eigenvalue weighted by atomic mass is 10.0. The number of ether oxygens (including phenoxy) is 1. The van der Waals surface area contributed by atoms with Crippen LogP contribution >= 0.6 is 0 Å². The van der Waals surface area contributed by atoms with Crippen molar-refractivity contribution in [2.45, 2.75) is 13.1 Å². The molecule has 114 valence electrons. The Morgan fingerprint density at radius 3 is 2.41 bits per heavy atom. The third-order valence-electron chi connectivity index (χ3n) is 3.64. The first-order valence-electron chi connectivity index (χ1n) is 6.57. The van der Waals surface area contributed by atoms with Gasteiger partial charge < -0.3 is 4.74 Å². The molecule has 0 saturated carbocycles. The van der Waals surface area contributed by atoms with E-state index in [1.54, 1.807) is 6.92 Å². The standard InChI is InChI=1S/C16H10F4O2/c1-2-22-10-4-3-8-9-5-7(6-21)13(17)16(20)12(9)15(19)11(8)14(10)18/h3-6,15H,2H2,1H3. The summed E-state index contributed by atoms with van der Waals surface area (Å²) in [5.74, 6) is -4.01. The molecule has 3 rings (SSSR count). The fourth-order valence-electron chi connectivity index (χ4n) is 2.68. The lowest BCUT2D eigenvalue weighted by Crippen LogP contribution is -2.02. The van der Waals surface area contributed by atoms with Gasteiger partial charge in [0.05, 0.1) is 12.2 Å². The lowest BCUT2D eigenvalue weighted by Gasteiger charge is -2.09. The number of fused-ring (bicyclic) bond motifs is 3. The van der Waals surface area contributed by atoms with Gasteiger partial charge in [-0.3, -0.25) is 4.79 Å². The van der Waals surface area contributed by atoms with Gasteiger partial charge in [-0.05, 0) is 30.2 Å². The summed E-state index contributed by atoms with van der Waals surface area (Å²) in [6, 6.07) is 3.69. The van der Waals surface area contributed by atoms with Crippen molar-refractivity contribution in [2.75, 3.05) is 6.61 Å². The lowest BCUT2D eigenvalue weighted by molar-refractivity contribution is 0.111. The Kier molecular flexibility index (Phi) is 3.39. The van der Waals surface area contributed by atoms with Gasteiger partial charge in [0.25, 0.3) is 0 Å². The maximum Gasteiger partial charge on any atom is 0.172 e. The highest BCUT2D eigenvalue weighted by atomic mass is 19.2. The number of aldehydes is 1. The Balaban J connectivity index is 2.30. The summed E-state index contributed by atoms with van der Waals surface area (Å²) in [6.45, 7) is 1.82. The number of carbonyl (C=O) groups is 1. The minimum atomic E-state index is -2.15. The van der Waals surface area contributed by atoms with E-state index in [9.17, 15) is 22.4 Å². The van der Waals surface area contributed by atoms with Crippen LogP contribution in [0.1, 0.15) is 34.6 Å². The van der Waals surface area contributed by atoms with Crippen molar-refractivity contribution in [3.63, 3.8) is 0 Å². The van der Waals surface area contributed by atoms with Gasteiger partial charge in [0, 0.05) is 11.1 Å². The fraction of sp³-hybridized carbons (Fsp3) is 0.188. The van der Waals surface area contributed by atoms with Crippen LogP contribution in [-0.2, 0) is 0 Å². The summed E-state index contributed by atoms with van der Waals surface area (Å²) >= 11 is 0. The van der Waals surface area contributed by atoms with Crippen molar-refractivity contribution in [1.29, 1.82) is 0 Å². The molecule has 22 heavy (non-hydrogen) atoms. The smallest absolute Gasteiger partial charge is 0.172 e. The minimum Gasteiger partial charge on any atom is -0.491 e. The summed E-state index contributed by atoms with van der Waals surface area (Å²) in [6.07, 6.45) is -2.02. The fourth-order valence-corrected chi connectivity index (χ4v) is 2.68. The average Bonchev–Trinajstić information content (AvgIpc) is 2.79. The third-order valence-corrected chi connectivity index (χ3v) is 3.64. The van der Waals surface area contributed by atoms with Crippen LogP contribution in [0.3, 0.4) is 0 Å². The van der Waals surface area contributed by atoms with E-state index >= 15 is 0 Å². The zero-order chi connectivity index (χ0) is 16.0. The van der Waals surface area contributed by atoms with E-state index in [2.05, 4.69) is 0 Å². The van der Waals surface area contributed by atoms with Crippen LogP contribution in [0, 0.1) is 17.5 Å². The van der Waals surface area contributed by atoms with E-state index in [1.807, 2.05) is 0 Å². The van der Waals surface area contributed by atoms with Crippen LogP contribution in [0.2, 0.25) is 0 Å². The Morgan fingerprint density at radius 2 is 1.77 bits per heavy atom.